The van der Waals surface area contributed by atoms with Crippen LogP contribution in [0.3, 0.4) is 0 Å². The maximum absolute atomic E-state index is 10.2. The Labute approximate surface area is 98.0 Å². The van der Waals surface area contributed by atoms with Gasteiger partial charge in [-0.3, -0.25) is 4.98 Å². The van der Waals surface area contributed by atoms with Crippen LogP contribution in [0.2, 0.25) is 0 Å². The van der Waals surface area contributed by atoms with E-state index in [1.54, 1.807) is 30.5 Å². The third-order valence-electron chi connectivity index (χ3n) is 1.69. The average Bonchev–Trinajstić information content (AvgIpc) is 2.41. The lowest BCUT2D eigenvalue weighted by atomic mass is 10.3. The molecule has 2 aromatic rings. The van der Waals surface area contributed by atoms with Crippen LogP contribution in [0.4, 0.5) is 0 Å². The Kier molecular flexibility index (Phi) is 4.85. The fourth-order valence-electron chi connectivity index (χ4n) is 0.918. The van der Waals surface area contributed by atoms with Crippen molar-refractivity contribution < 1.29 is 9.90 Å². The molecule has 0 amide bonds. The SMILES string of the molecule is N#Cc1ccccn1.O=C(O)c1cccnc1. The molecule has 0 saturated carbocycles. The van der Waals surface area contributed by atoms with Crippen molar-refractivity contribution in [1.82, 2.24) is 9.97 Å². The summed E-state index contributed by atoms with van der Waals surface area (Å²) in [7, 11) is 0. The zero-order valence-corrected chi connectivity index (χ0v) is 8.82. The first kappa shape index (κ1) is 12.3. The van der Waals surface area contributed by atoms with Crippen molar-refractivity contribution in [2.45, 2.75) is 0 Å². The summed E-state index contributed by atoms with van der Waals surface area (Å²) in [5, 5.41) is 16.6. The van der Waals surface area contributed by atoms with Crippen molar-refractivity contribution in [3.05, 3.63) is 60.2 Å². The summed E-state index contributed by atoms with van der Waals surface area (Å²) in [6, 6.07) is 10.2. The Morgan fingerprint density at radius 3 is 2.41 bits per heavy atom. The van der Waals surface area contributed by atoms with Crippen LogP contribution in [-0.2, 0) is 0 Å². The van der Waals surface area contributed by atoms with Crippen LogP contribution in [0.5, 0.6) is 0 Å². The number of aromatic carboxylic acids is 1. The molecular formula is C12H9N3O2. The predicted octanol–water partition coefficient (Wildman–Crippen LogP) is 1.73. The molecule has 2 heterocycles. The van der Waals surface area contributed by atoms with Gasteiger partial charge in [0.05, 0.1) is 5.56 Å². The van der Waals surface area contributed by atoms with E-state index in [9.17, 15) is 4.79 Å². The maximum Gasteiger partial charge on any atom is 0.337 e. The van der Waals surface area contributed by atoms with Gasteiger partial charge in [0.1, 0.15) is 11.8 Å². The Bertz CT molecular complexity index is 506. The Balaban J connectivity index is 0.000000171. The van der Waals surface area contributed by atoms with E-state index in [0.717, 1.165) is 0 Å². The van der Waals surface area contributed by atoms with Crippen molar-refractivity contribution >= 4 is 5.97 Å². The van der Waals surface area contributed by atoms with Gasteiger partial charge in [-0.1, -0.05) is 6.07 Å². The zero-order valence-electron chi connectivity index (χ0n) is 8.82. The number of rotatable bonds is 1. The van der Waals surface area contributed by atoms with Gasteiger partial charge in [-0.2, -0.15) is 5.26 Å². The Morgan fingerprint density at radius 1 is 1.24 bits per heavy atom. The molecule has 0 atom stereocenters. The van der Waals surface area contributed by atoms with Gasteiger partial charge >= 0.3 is 5.97 Å². The molecule has 0 unspecified atom stereocenters. The second-order valence-electron chi connectivity index (χ2n) is 2.87. The minimum Gasteiger partial charge on any atom is -0.478 e. The quantitative estimate of drug-likeness (QED) is 0.801. The van der Waals surface area contributed by atoms with Crippen molar-refractivity contribution in [2.24, 2.45) is 0 Å². The van der Waals surface area contributed by atoms with E-state index < -0.39 is 5.97 Å². The first-order valence-electron chi connectivity index (χ1n) is 4.68. The molecule has 84 valence electrons. The molecule has 0 radical (unpaired) electrons. The summed E-state index contributed by atoms with van der Waals surface area (Å²) >= 11 is 0. The van der Waals surface area contributed by atoms with Crippen molar-refractivity contribution in [3.63, 3.8) is 0 Å². The summed E-state index contributed by atoms with van der Waals surface area (Å²) in [5.74, 6) is -0.942. The summed E-state index contributed by atoms with van der Waals surface area (Å²) in [5.41, 5.74) is 0.685. The largest absolute Gasteiger partial charge is 0.478 e. The number of carboxylic acids is 1. The molecule has 5 nitrogen and oxygen atoms in total. The van der Waals surface area contributed by atoms with Gasteiger partial charge in [0.15, 0.2) is 0 Å². The second kappa shape index (κ2) is 6.69. The van der Waals surface area contributed by atoms with Crippen LogP contribution in [0.25, 0.3) is 0 Å². The molecule has 2 aromatic heterocycles. The smallest absolute Gasteiger partial charge is 0.337 e. The van der Waals surface area contributed by atoms with Crippen molar-refractivity contribution in [1.29, 1.82) is 5.26 Å². The molecule has 0 saturated heterocycles. The summed E-state index contributed by atoms with van der Waals surface area (Å²) in [6.45, 7) is 0. The molecule has 0 aliphatic rings. The van der Waals surface area contributed by atoms with Crippen LogP contribution >= 0.6 is 0 Å². The Morgan fingerprint density at radius 2 is 2.06 bits per heavy atom. The third-order valence-corrected chi connectivity index (χ3v) is 1.69. The molecule has 0 bridgehead atoms. The number of hydrogen-bond donors (Lipinski definition) is 1. The summed E-state index contributed by atoms with van der Waals surface area (Å²) < 4.78 is 0. The lowest BCUT2D eigenvalue weighted by Gasteiger charge is -1.87. The Hall–Kier alpha value is -2.74. The normalized spacial score (nSPS) is 8.41. The van der Waals surface area contributed by atoms with Crippen LogP contribution < -0.4 is 0 Å². The van der Waals surface area contributed by atoms with Gasteiger partial charge in [0, 0.05) is 18.6 Å². The van der Waals surface area contributed by atoms with Gasteiger partial charge in [0.2, 0.25) is 0 Å². The van der Waals surface area contributed by atoms with Crippen LogP contribution in [0, 0.1) is 11.3 Å². The number of carboxylic acid groups (broad SMARTS) is 1. The highest BCUT2D eigenvalue weighted by atomic mass is 16.4. The highest BCUT2D eigenvalue weighted by molar-refractivity contribution is 5.86. The minimum absolute atomic E-state index is 0.220. The predicted molar refractivity (Wildman–Crippen MR) is 60.1 cm³/mol. The fraction of sp³-hybridized carbons (Fsp3) is 0. The van der Waals surface area contributed by atoms with Gasteiger partial charge in [-0.15, -0.1) is 0 Å². The molecule has 0 spiro atoms. The van der Waals surface area contributed by atoms with E-state index in [-0.39, 0.29) is 5.56 Å². The number of carbonyl (C=O) groups is 1. The monoisotopic (exact) mass is 227 g/mol. The molecule has 2 rings (SSSR count). The number of hydrogen-bond acceptors (Lipinski definition) is 4. The summed E-state index contributed by atoms with van der Waals surface area (Å²) in [4.78, 5) is 17.5. The second-order valence-corrected chi connectivity index (χ2v) is 2.87. The number of nitrogens with zero attached hydrogens (tertiary/aromatic N) is 3. The van der Waals surface area contributed by atoms with E-state index in [0.29, 0.717) is 5.69 Å². The lowest BCUT2D eigenvalue weighted by molar-refractivity contribution is 0.0696. The van der Waals surface area contributed by atoms with E-state index in [1.807, 2.05) is 6.07 Å². The number of aromatic nitrogens is 2. The molecule has 0 fully saturated rings. The zero-order chi connectivity index (χ0) is 12.5. The third kappa shape index (κ3) is 4.53. The highest BCUT2D eigenvalue weighted by Crippen LogP contribution is 1.92. The van der Waals surface area contributed by atoms with Crippen LogP contribution in [0.15, 0.2) is 48.9 Å². The molecule has 1 N–H and O–H groups in total. The highest BCUT2D eigenvalue weighted by Gasteiger charge is 1.97. The van der Waals surface area contributed by atoms with Gasteiger partial charge < -0.3 is 5.11 Å². The van der Waals surface area contributed by atoms with Gasteiger partial charge in [-0.05, 0) is 24.3 Å². The van der Waals surface area contributed by atoms with Gasteiger partial charge in [0.25, 0.3) is 0 Å². The standard InChI is InChI=1S/C6H4N2.C6H5NO2/c7-5-6-3-1-2-4-8-6;8-6(9)5-2-1-3-7-4-5/h1-4H;1-4H,(H,8,9). The topological polar surface area (TPSA) is 86.9 Å². The maximum atomic E-state index is 10.2. The molecule has 0 aliphatic heterocycles. The van der Waals surface area contributed by atoms with Crippen molar-refractivity contribution in [2.75, 3.05) is 0 Å². The van der Waals surface area contributed by atoms with E-state index in [4.69, 9.17) is 10.4 Å². The first-order chi connectivity index (χ1) is 8.24. The average molecular weight is 227 g/mol. The molecule has 17 heavy (non-hydrogen) atoms. The fourth-order valence-corrected chi connectivity index (χ4v) is 0.918. The van der Waals surface area contributed by atoms with Crippen LogP contribution in [0.1, 0.15) is 16.1 Å². The molecular weight excluding hydrogens is 218 g/mol. The molecule has 0 aromatic carbocycles. The molecule has 0 aliphatic carbocycles. The van der Waals surface area contributed by atoms with E-state index in [1.165, 1.54) is 18.5 Å². The van der Waals surface area contributed by atoms with Crippen LogP contribution in [-0.4, -0.2) is 21.0 Å². The first-order valence-corrected chi connectivity index (χ1v) is 4.68. The van der Waals surface area contributed by atoms with E-state index >= 15 is 0 Å². The molecule has 5 heteroatoms. The summed E-state index contributed by atoms with van der Waals surface area (Å²) in [6.07, 6.45) is 4.44. The minimum atomic E-state index is -0.942. The van der Waals surface area contributed by atoms with Gasteiger partial charge in [-0.25, -0.2) is 9.78 Å². The van der Waals surface area contributed by atoms with E-state index in [2.05, 4.69) is 9.97 Å². The van der Waals surface area contributed by atoms with Crippen molar-refractivity contribution in [3.8, 4) is 6.07 Å². The number of pyridine rings is 2. The lowest BCUT2D eigenvalue weighted by Crippen LogP contribution is -1.94. The number of nitriles is 1.